The number of benzene rings is 1. The van der Waals surface area contributed by atoms with Gasteiger partial charge in [0.1, 0.15) is 48.2 Å². The van der Waals surface area contributed by atoms with Gasteiger partial charge in [0.15, 0.2) is 11.0 Å². The highest BCUT2D eigenvalue weighted by Gasteiger charge is 2.48. The number of hydrogen-bond donors (Lipinski definition) is 4. The van der Waals surface area contributed by atoms with Crippen LogP contribution < -0.4 is 5.73 Å². The molecule has 1 aromatic carbocycles. The minimum absolute atomic E-state index is 0.311. The molecule has 13 nitrogen and oxygen atoms in total. The number of ether oxygens (including phenoxy) is 1. The highest BCUT2D eigenvalue weighted by molar-refractivity contribution is 7.18. The summed E-state index contributed by atoms with van der Waals surface area (Å²) in [6, 6.07) is 4.75. The molecule has 0 spiro atoms. The third-order valence-electron chi connectivity index (χ3n) is 6.08. The number of thiazole rings is 2. The maximum Gasteiger partial charge on any atom is 0.180 e. The first-order valence-corrected chi connectivity index (χ1v) is 12.7. The Morgan fingerprint density at radius 2 is 2.00 bits per heavy atom. The van der Waals surface area contributed by atoms with Crippen LogP contribution in [0.2, 0.25) is 0 Å². The lowest BCUT2D eigenvalue weighted by Gasteiger charge is -2.41. The first-order valence-electron chi connectivity index (χ1n) is 11.0. The van der Waals surface area contributed by atoms with Crippen molar-refractivity contribution in [1.82, 2.24) is 39.7 Å². The van der Waals surface area contributed by atoms with Crippen molar-refractivity contribution < 1.29 is 20.1 Å². The second kappa shape index (κ2) is 8.95. The molecule has 5 aromatic rings. The van der Waals surface area contributed by atoms with Crippen LogP contribution in [0.25, 0.3) is 27.3 Å². The van der Waals surface area contributed by atoms with Crippen molar-refractivity contribution in [3.63, 3.8) is 0 Å². The number of nitrogens with zero attached hydrogens (tertiary/aromatic N) is 8. The smallest absolute Gasteiger partial charge is 0.180 e. The molecule has 1 aliphatic heterocycles. The van der Waals surface area contributed by atoms with Gasteiger partial charge in [-0.2, -0.15) is 0 Å². The minimum Gasteiger partial charge on any atom is -0.394 e. The lowest BCUT2D eigenvalue weighted by molar-refractivity contribution is -0.210. The zero-order chi connectivity index (χ0) is 25.0. The van der Waals surface area contributed by atoms with Crippen molar-refractivity contribution in [2.75, 3.05) is 12.3 Å². The molecule has 0 aliphatic carbocycles. The lowest BCUT2D eigenvalue weighted by Crippen LogP contribution is -2.53. The van der Waals surface area contributed by atoms with Gasteiger partial charge in [0.05, 0.1) is 28.0 Å². The largest absolute Gasteiger partial charge is 0.394 e. The van der Waals surface area contributed by atoms with E-state index in [9.17, 15) is 15.3 Å². The molecular formula is C21H21N9O4S2. The number of fused-ring (bicyclic) bond motifs is 1. The first-order chi connectivity index (χ1) is 17.4. The van der Waals surface area contributed by atoms with Gasteiger partial charge in [-0.05, 0) is 25.1 Å². The summed E-state index contributed by atoms with van der Waals surface area (Å²) in [7, 11) is 0. The Morgan fingerprint density at radius 3 is 2.78 bits per heavy atom. The first kappa shape index (κ1) is 23.1. The Hall–Kier alpha value is -3.34. The molecule has 5 N–H and O–H groups in total. The Bertz CT molecular complexity index is 1530. The van der Waals surface area contributed by atoms with Crippen LogP contribution >= 0.6 is 22.7 Å². The van der Waals surface area contributed by atoms with Gasteiger partial charge < -0.3 is 25.8 Å². The predicted molar refractivity (Wildman–Crippen MR) is 131 cm³/mol. The molecule has 1 saturated heterocycles. The van der Waals surface area contributed by atoms with E-state index in [1.165, 1.54) is 22.3 Å². The van der Waals surface area contributed by atoms with Gasteiger partial charge in [0.25, 0.3) is 0 Å². The quantitative estimate of drug-likeness (QED) is 0.254. The molecule has 1 fully saturated rings. The second-order valence-corrected chi connectivity index (χ2v) is 10.5. The normalized spacial score (nSPS) is 24.5. The summed E-state index contributed by atoms with van der Waals surface area (Å²) < 4.78 is 9.98. The minimum atomic E-state index is -1.30. The van der Waals surface area contributed by atoms with Crippen molar-refractivity contribution in [3.05, 3.63) is 46.9 Å². The lowest BCUT2D eigenvalue weighted by atomic mass is 9.92. The zero-order valence-corrected chi connectivity index (χ0v) is 20.4. The van der Waals surface area contributed by atoms with Gasteiger partial charge in [-0.1, -0.05) is 5.21 Å². The van der Waals surface area contributed by atoms with E-state index in [2.05, 4.69) is 30.5 Å². The van der Waals surface area contributed by atoms with Crippen LogP contribution in [0.3, 0.4) is 0 Å². The topological polar surface area (TPSA) is 183 Å². The number of aryl methyl sites for hydroxylation is 1. The summed E-state index contributed by atoms with van der Waals surface area (Å²) in [5.41, 5.74) is 8.33. The molecule has 0 saturated carbocycles. The van der Waals surface area contributed by atoms with Crippen LogP contribution in [-0.2, 0) is 4.74 Å². The van der Waals surface area contributed by atoms with E-state index in [1.54, 1.807) is 27.5 Å². The molecule has 5 atom stereocenters. The monoisotopic (exact) mass is 527 g/mol. The molecule has 4 aromatic heterocycles. The SMILES string of the molecule is Cc1nc2ccc(-n3cnnc3[C@@H]3O[C@H](CO)[C@H](O)[C@H](n4cc(-c5csc(N)n5)nn4)[C@H]3O)cc2s1. The number of nitrogen functional groups attached to an aromatic ring is 1. The average Bonchev–Trinajstić information content (AvgIpc) is 3.65. The number of hydrogen-bond acceptors (Lipinski definition) is 13. The van der Waals surface area contributed by atoms with Gasteiger partial charge in [-0.3, -0.25) is 4.57 Å². The Labute approximate surface area is 211 Å². The van der Waals surface area contributed by atoms with Crippen molar-refractivity contribution in [1.29, 1.82) is 0 Å². The van der Waals surface area contributed by atoms with Gasteiger partial charge in [-0.25, -0.2) is 14.6 Å². The molecule has 15 heteroatoms. The summed E-state index contributed by atoms with van der Waals surface area (Å²) in [5.74, 6) is 0.311. The maximum atomic E-state index is 11.4. The van der Waals surface area contributed by atoms with Crippen LogP contribution in [-0.4, -0.2) is 80.0 Å². The third kappa shape index (κ3) is 3.85. The second-order valence-electron chi connectivity index (χ2n) is 8.35. The van der Waals surface area contributed by atoms with Crippen LogP contribution in [0.15, 0.2) is 36.1 Å². The third-order valence-corrected chi connectivity index (χ3v) is 7.69. The molecule has 0 unspecified atom stereocenters. The van der Waals surface area contributed by atoms with E-state index in [1.807, 2.05) is 25.1 Å². The van der Waals surface area contributed by atoms with E-state index >= 15 is 0 Å². The summed E-state index contributed by atoms with van der Waals surface area (Å²) in [4.78, 5) is 8.69. The van der Waals surface area contributed by atoms with Crippen molar-refractivity contribution >= 4 is 38.0 Å². The van der Waals surface area contributed by atoms with Crippen LogP contribution in [0, 0.1) is 6.92 Å². The Kier molecular flexibility index (Phi) is 5.74. The highest BCUT2D eigenvalue weighted by Crippen LogP contribution is 2.38. The molecule has 6 rings (SSSR count). The standard InChI is InChI=1S/C21H21N9O4S2/c1-9-24-11-3-2-10(4-15(11)36-9)29-8-23-27-20(29)19-18(33)16(17(32)14(6-31)34-19)30-5-12(26-28-30)13-7-35-21(22)25-13/h2-5,7-8,14,16-19,31-33H,6H2,1H3,(H2,22,25)/t14-,16+,17+,18-,19-/m1/s1. The fourth-order valence-electron chi connectivity index (χ4n) is 4.39. The van der Waals surface area contributed by atoms with E-state index in [4.69, 9.17) is 10.5 Å². The number of nitrogens with two attached hydrogens (primary N) is 1. The number of aliphatic hydroxyl groups excluding tert-OH is 3. The molecule has 5 heterocycles. The summed E-state index contributed by atoms with van der Waals surface area (Å²) in [6.45, 7) is 1.46. The molecule has 1 aliphatic rings. The fraction of sp³-hybridized carbons (Fsp3) is 0.333. The summed E-state index contributed by atoms with van der Waals surface area (Å²) in [6.07, 6.45) is -1.52. The number of aromatic nitrogens is 8. The summed E-state index contributed by atoms with van der Waals surface area (Å²) >= 11 is 2.83. The Morgan fingerprint density at radius 1 is 1.14 bits per heavy atom. The van der Waals surface area contributed by atoms with Crippen molar-refractivity contribution in [2.45, 2.75) is 37.4 Å². The predicted octanol–water partition coefficient (Wildman–Crippen LogP) is 0.878. The van der Waals surface area contributed by atoms with Gasteiger partial charge in [-0.15, -0.1) is 38.0 Å². The number of anilines is 1. The van der Waals surface area contributed by atoms with Crippen LogP contribution in [0.5, 0.6) is 0 Å². The van der Waals surface area contributed by atoms with E-state index in [-0.39, 0.29) is 0 Å². The van der Waals surface area contributed by atoms with Crippen molar-refractivity contribution in [2.24, 2.45) is 0 Å². The molecule has 0 amide bonds. The molecule has 0 radical (unpaired) electrons. The van der Waals surface area contributed by atoms with Crippen LogP contribution in [0.4, 0.5) is 5.13 Å². The van der Waals surface area contributed by atoms with Gasteiger partial charge in [0, 0.05) is 11.1 Å². The maximum absolute atomic E-state index is 11.4. The van der Waals surface area contributed by atoms with Crippen molar-refractivity contribution in [3.8, 4) is 17.1 Å². The fourth-order valence-corrected chi connectivity index (χ4v) is 5.81. The van der Waals surface area contributed by atoms with Gasteiger partial charge in [0.2, 0.25) is 0 Å². The van der Waals surface area contributed by atoms with E-state index in [0.29, 0.717) is 22.3 Å². The molecule has 0 bridgehead atoms. The number of rotatable bonds is 5. The van der Waals surface area contributed by atoms with Crippen LogP contribution in [0.1, 0.15) is 23.0 Å². The zero-order valence-electron chi connectivity index (χ0n) is 18.8. The number of aliphatic hydroxyl groups is 3. The van der Waals surface area contributed by atoms with E-state index in [0.717, 1.165) is 20.9 Å². The van der Waals surface area contributed by atoms with E-state index < -0.39 is 37.1 Å². The average molecular weight is 528 g/mol. The molecule has 186 valence electrons. The summed E-state index contributed by atoms with van der Waals surface area (Å²) in [5, 5.41) is 51.8. The highest BCUT2D eigenvalue weighted by atomic mass is 32.1. The molecular weight excluding hydrogens is 506 g/mol. The Balaban J connectivity index is 1.37. The van der Waals surface area contributed by atoms with Gasteiger partial charge >= 0.3 is 0 Å². The molecule has 36 heavy (non-hydrogen) atoms.